The first kappa shape index (κ1) is 92.0. The largest absolute Gasteiger partial charge is 0.444 e. The number of ether oxygens (including phenoxy) is 1. The van der Waals surface area contributed by atoms with Crippen LogP contribution in [0, 0.1) is 11.8 Å². The molecule has 19 rings (SSSR count). The first-order chi connectivity index (χ1) is 63.7. The number of nitrogens with zero attached hydrogens (tertiary/aromatic N) is 13. The van der Waals surface area contributed by atoms with E-state index in [1.54, 1.807) is 67.4 Å². The summed E-state index contributed by atoms with van der Waals surface area (Å²) in [7, 11) is 0. The number of amides is 5. The Morgan fingerprint density at radius 2 is 0.887 bits per heavy atom. The van der Waals surface area contributed by atoms with E-state index >= 15 is 0 Å². The minimum atomic E-state index is -4.42. The van der Waals surface area contributed by atoms with Gasteiger partial charge in [0, 0.05) is 186 Å². The van der Waals surface area contributed by atoms with E-state index in [2.05, 4.69) is 128 Å². The number of carbonyl (C=O) groups excluding carboxylic acids is 5. The van der Waals surface area contributed by atoms with Crippen molar-refractivity contribution in [1.82, 2.24) is 89.9 Å². The lowest BCUT2D eigenvalue weighted by molar-refractivity contribution is -0.119. The summed E-state index contributed by atoms with van der Waals surface area (Å²) in [5, 5.41) is 60.5. The van der Waals surface area contributed by atoms with Gasteiger partial charge in [0.2, 0.25) is 5.91 Å². The van der Waals surface area contributed by atoms with Crippen molar-refractivity contribution < 1.29 is 41.9 Å². The number of likely N-dealkylation sites (tertiary alicyclic amines) is 1. The minimum absolute atomic E-state index is 0.0513. The summed E-state index contributed by atoms with van der Waals surface area (Å²) in [4.78, 5) is 81.3. The third kappa shape index (κ3) is 23.7. The SMILES string of the molecule is C=C1C/C(=C\c2cnn3c(NC4CCNC4)cc(Nc4cccc(Cl)c4)nc23)C(=O)N1.C=C1C/C(=C\c2cnn3c(NCC(F)(F)F)cc(Nc4cccc(Cl)c4)nc23)C(=O)N1.C=C1C/C(=C\c2cnn3c(NCC4CCN(C(=O)OC(C)(C)C)CC4)cc(Nc4cccc(Cl)c4)nc23)C(=O)N1.C=C1NC(=O)C/C1=C\c1cnn2c(N[C@H](C)C3CC3)cc(Nc3cccc(Cl)c3)nc12. The molecule has 32 nitrogen and oxygen atoms in total. The zero-order chi connectivity index (χ0) is 93.5. The highest BCUT2D eigenvalue weighted by Gasteiger charge is 2.33. The number of fused-ring (bicyclic) bond motifs is 4. The van der Waals surface area contributed by atoms with Gasteiger partial charge < -0.3 is 78.8 Å². The van der Waals surface area contributed by atoms with Crippen LogP contribution >= 0.6 is 46.4 Å². The van der Waals surface area contributed by atoms with E-state index in [0.29, 0.717) is 174 Å². The molecule has 7 fully saturated rings. The number of carbonyl (C=O) groups is 5. The van der Waals surface area contributed by atoms with Crippen LogP contribution < -0.4 is 69.1 Å². The van der Waals surface area contributed by atoms with Crippen molar-refractivity contribution >= 4 is 192 Å². The van der Waals surface area contributed by atoms with Crippen LogP contribution in [0.1, 0.15) is 108 Å². The number of alkyl halides is 3. The highest BCUT2D eigenvalue weighted by molar-refractivity contribution is 6.32. The van der Waals surface area contributed by atoms with Crippen LogP contribution in [0.15, 0.2) is 218 Å². The van der Waals surface area contributed by atoms with Gasteiger partial charge in [-0.1, -0.05) is 97.0 Å². The third-order valence-corrected chi connectivity index (χ3v) is 23.1. The highest BCUT2D eigenvalue weighted by Crippen LogP contribution is 2.38. The van der Waals surface area contributed by atoms with Gasteiger partial charge in [-0.2, -0.15) is 51.6 Å². The lowest BCUT2D eigenvalue weighted by atomic mass is 9.97. The Kier molecular flexibility index (Phi) is 27.6. The Bertz CT molecular complexity index is 6550. The molecule has 39 heteroatoms. The smallest absolute Gasteiger partial charge is 0.410 e. The number of rotatable bonds is 22. The van der Waals surface area contributed by atoms with E-state index in [-0.39, 0.29) is 47.0 Å². The molecule has 0 bridgehead atoms. The van der Waals surface area contributed by atoms with Crippen LogP contribution in [0.25, 0.3) is 46.9 Å². The Morgan fingerprint density at radius 3 is 1.24 bits per heavy atom. The van der Waals surface area contributed by atoms with Gasteiger partial charge in [0.15, 0.2) is 22.6 Å². The van der Waals surface area contributed by atoms with E-state index in [4.69, 9.17) is 66.1 Å². The van der Waals surface area contributed by atoms with Gasteiger partial charge in [-0.15, -0.1) is 0 Å². The number of benzene rings is 4. The highest BCUT2D eigenvalue weighted by atomic mass is 35.5. The summed E-state index contributed by atoms with van der Waals surface area (Å²) in [5.41, 5.74) is 12.7. The topological polar surface area (TPSA) is 375 Å². The fraction of sp³-hybridized carbons (Fsp3) is 0.266. The van der Waals surface area contributed by atoms with Crippen molar-refractivity contribution in [2.75, 3.05) is 81.8 Å². The first-order valence-corrected chi connectivity index (χ1v) is 44.4. The van der Waals surface area contributed by atoms with Crippen LogP contribution in [-0.4, -0.2) is 156 Å². The second-order valence-corrected chi connectivity index (χ2v) is 35.7. The van der Waals surface area contributed by atoms with Gasteiger partial charge in [0.05, 0.1) is 31.2 Å². The number of aromatic nitrogens is 12. The van der Waals surface area contributed by atoms with Gasteiger partial charge in [-0.25, -0.2) is 24.7 Å². The Labute approximate surface area is 782 Å². The molecule has 133 heavy (non-hydrogen) atoms. The molecule has 5 amide bonds. The molecular formula is C94H95Cl4F3N26O6. The van der Waals surface area contributed by atoms with E-state index < -0.39 is 18.3 Å². The van der Waals surface area contributed by atoms with Crippen LogP contribution in [0.3, 0.4) is 0 Å². The summed E-state index contributed by atoms with van der Waals surface area (Å²) in [6.07, 6.45) is 16.0. The van der Waals surface area contributed by atoms with Crippen LogP contribution in [-0.2, 0) is 23.9 Å². The number of anilines is 12. The monoisotopic (exact) mass is 1880 g/mol. The molecule has 6 aliphatic heterocycles. The molecule has 12 aromatic rings. The average Bonchev–Trinajstić information content (AvgIpc) is 1.65. The molecule has 1 aliphatic carbocycles. The van der Waals surface area contributed by atoms with Gasteiger partial charge in [0.25, 0.3) is 17.7 Å². The molecular weight excluding hydrogens is 1790 g/mol. The second kappa shape index (κ2) is 39.8. The van der Waals surface area contributed by atoms with Crippen molar-refractivity contribution in [3.8, 4) is 0 Å². The predicted octanol–water partition coefficient (Wildman–Crippen LogP) is 18.2. The molecule has 14 heterocycles. The van der Waals surface area contributed by atoms with Crippen molar-refractivity contribution in [2.45, 2.75) is 109 Å². The van der Waals surface area contributed by atoms with E-state index in [1.807, 2.05) is 130 Å². The summed E-state index contributed by atoms with van der Waals surface area (Å²) in [6.45, 7) is 25.8. The summed E-state index contributed by atoms with van der Waals surface area (Å²) in [6, 6.07) is 37.1. The van der Waals surface area contributed by atoms with Gasteiger partial charge in [-0.05, 0) is 181 Å². The Hall–Kier alpha value is -14.3. The Morgan fingerprint density at radius 1 is 0.504 bits per heavy atom. The molecule has 0 spiro atoms. The fourth-order valence-electron chi connectivity index (χ4n) is 15.5. The number of piperidine rings is 1. The van der Waals surface area contributed by atoms with E-state index in [1.165, 1.54) is 29.6 Å². The molecule has 1 saturated carbocycles. The molecule has 1 unspecified atom stereocenters. The maximum absolute atomic E-state index is 12.8. The quantitative estimate of drug-likeness (QED) is 0.0280. The fourth-order valence-corrected chi connectivity index (χ4v) is 16.3. The van der Waals surface area contributed by atoms with Crippen LogP contribution in [0.4, 0.5) is 87.3 Å². The lowest BCUT2D eigenvalue weighted by Crippen LogP contribution is -2.42. The number of nitrogens with one attached hydrogen (secondary N) is 13. The summed E-state index contributed by atoms with van der Waals surface area (Å²) < 4.78 is 50.5. The number of hydrogen-bond donors (Lipinski definition) is 13. The van der Waals surface area contributed by atoms with Crippen LogP contribution in [0.2, 0.25) is 20.1 Å². The molecule has 686 valence electrons. The zero-order valence-electron chi connectivity index (χ0n) is 72.8. The molecule has 13 N–H and O–H groups in total. The molecule has 6 saturated heterocycles. The summed E-state index contributed by atoms with van der Waals surface area (Å²) >= 11 is 24.5. The molecule has 7 aliphatic rings. The second-order valence-electron chi connectivity index (χ2n) is 33.9. The third-order valence-electron chi connectivity index (χ3n) is 22.1. The van der Waals surface area contributed by atoms with Crippen LogP contribution in [0.5, 0.6) is 0 Å². The molecule has 4 aromatic carbocycles. The van der Waals surface area contributed by atoms with Gasteiger partial charge in [-0.3, -0.25) is 19.2 Å². The number of allylic oxidation sites excluding steroid dienone is 4. The molecule has 0 radical (unpaired) electrons. The zero-order valence-corrected chi connectivity index (χ0v) is 75.8. The standard InChI is InChI=1S/C29H34ClN7O3.C23H23ClN6O.C22H22ClN7O.C20H16ClF3N6O/c1-18-12-20(27(38)33-18)13-21-17-32-37-25(15-24(35-26(21)37)34-23-7-5-6-22(30)14-23)31-16-19-8-10-36(11-9-19)28(39)40-29(2,3)4;1-13(15-6-7-15)26-21-11-20(28-19-5-3-4-18(24)10-19)29-23-17(12-25-30(21)23)8-16-9-22(31)27-14(16)2;1-13-7-14(22(31)26-13)8-15-11-25-30-20(28-18-5-6-24-12-18)10-19(29-21(15)30)27-17-4-2-3-16(23)9-17;1-11-5-12(19(31)27-11)6-13-9-26-30-17(25-10-20(22,23)24)8-16(29-18(13)30)28-15-4-2-3-14(21)7-15/h5-7,13-15,17,19,31H,1,8-12,16H2,2-4H3,(H,33,38)(H,34,35);3-5,8,10-13,15,26H,2,6-7,9H2,1H3,(H,27,31)(H,28,29);2-4,8-11,18,24,28H,1,5-7,12H2,(H,26,31)(H,27,29);2-4,6-9,25H,1,5,10H2,(H,27,31)(H,28,29)/b20-13+;16-8+;14-8+;12-6+/t;13-;;/m.1../s1. The molecule has 2 atom stereocenters. The van der Waals surface area contributed by atoms with Gasteiger partial charge in [0.1, 0.15) is 58.7 Å². The first-order valence-electron chi connectivity index (χ1n) is 42.9. The summed E-state index contributed by atoms with van der Waals surface area (Å²) in [5.74, 6) is 5.18. The van der Waals surface area contributed by atoms with Crippen molar-refractivity contribution in [2.24, 2.45) is 11.8 Å². The predicted molar refractivity (Wildman–Crippen MR) is 515 cm³/mol. The van der Waals surface area contributed by atoms with E-state index in [9.17, 15) is 37.1 Å². The number of hydrogen-bond acceptors (Lipinski definition) is 23. The minimum Gasteiger partial charge on any atom is -0.444 e. The van der Waals surface area contributed by atoms with Crippen molar-refractivity contribution in [3.05, 3.63) is 260 Å². The molecule has 8 aromatic heterocycles. The normalized spacial score (nSPS) is 17.8. The van der Waals surface area contributed by atoms with E-state index in [0.717, 1.165) is 89.1 Å². The van der Waals surface area contributed by atoms with Crippen molar-refractivity contribution in [3.63, 3.8) is 0 Å². The van der Waals surface area contributed by atoms with Gasteiger partial charge >= 0.3 is 12.3 Å². The van der Waals surface area contributed by atoms with Crippen molar-refractivity contribution in [1.29, 1.82) is 0 Å². The maximum Gasteiger partial charge on any atom is 0.410 e. The Balaban J connectivity index is 0.000000130. The lowest BCUT2D eigenvalue weighted by Gasteiger charge is -2.33. The number of halogens is 7. The maximum atomic E-state index is 12.8. The average molecular weight is 1880 g/mol.